The van der Waals surface area contributed by atoms with Crippen LogP contribution >= 0.6 is 0 Å². The van der Waals surface area contributed by atoms with Crippen molar-refractivity contribution in [3.63, 3.8) is 0 Å². The molecule has 0 spiro atoms. The highest BCUT2D eigenvalue weighted by Crippen LogP contribution is 2.30. The number of nitrogens with zero attached hydrogens (tertiary/aromatic N) is 2. The van der Waals surface area contributed by atoms with Crippen LogP contribution in [-0.2, 0) is 11.3 Å². The summed E-state index contributed by atoms with van der Waals surface area (Å²) in [5, 5.41) is 3.09. The number of aromatic nitrogens is 1. The van der Waals surface area contributed by atoms with E-state index in [1.54, 1.807) is 19.4 Å². The van der Waals surface area contributed by atoms with Gasteiger partial charge in [0, 0.05) is 38.0 Å². The van der Waals surface area contributed by atoms with Crippen LogP contribution in [0.25, 0.3) is 0 Å². The number of amides is 1. The van der Waals surface area contributed by atoms with Gasteiger partial charge in [0.25, 0.3) is 11.5 Å². The van der Waals surface area contributed by atoms with Crippen LogP contribution in [-0.4, -0.2) is 55.3 Å². The topological polar surface area (TPSA) is 63.6 Å². The average Bonchev–Trinajstić information content (AvgIpc) is 2.85. The number of carbonyl (C=O) groups excluding carboxylic acids is 1. The van der Waals surface area contributed by atoms with Crippen molar-refractivity contribution >= 4 is 5.91 Å². The quantitative estimate of drug-likeness (QED) is 0.764. The van der Waals surface area contributed by atoms with Crippen molar-refractivity contribution in [1.82, 2.24) is 14.8 Å². The van der Waals surface area contributed by atoms with Crippen molar-refractivity contribution in [3.8, 4) is 0 Å². The Kier molecular flexibility index (Phi) is 7.20. The third-order valence-corrected chi connectivity index (χ3v) is 5.34. The molecule has 0 bridgehead atoms. The summed E-state index contributed by atoms with van der Waals surface area (Å²) < 4.78 is 6.53. The van der Waals surface area contributed by atoms with Crippen LogP contribution < -0.4 is 10.9 Å². The molecule has 0 saturated heterocycles. The van der Waals surface area contributed by atoms with Gasteiger partial charge in [-0.2, -0.15) is 0 Å². The summed E-state index contributed by atoms with van der Waals surface area (Å²) in [6.07, 6.45) is 8.78. The van der Waals surface area contributed by atoms with Crippen LogP contribution in [0.2, 0.25) is 0 Å². The molecule has 1 saturated carbocycles. The Hall–Kier alpha value is -1.66. The molecule has 1 aliphatic rings. The summed E-state index contributed by atoms with van der Waals surface area (Å²) in [5.41, 5.74) is 0.414. The predicted octanol–water partition coefficient (Wildman–Crippen LogP) is 1.88. The number of hydrogen-bond donors (Lipinski definition) is 1. The molecule has 25 heavy (non-hydrogen) atoms. The van der Waals surface area contributed by atoms with E-state index in [4.69, 9.17) is 4.74 Å². The van der Waals surface area contributed by atoms with Gasteiger partial charge >= 0.3 is 0 Å². The first-order valence-corrected chi connectivity index (χ1v) is 9.13. The first-order chi connectivity index (χ1) is 12.0. The summed E-state index contributed by atoms with van der Waals surface area (Å²) >= 11 is 0. The van der Waals surface area contributed by atoms with Crippen LogP contribution in [0.1, 0.15) is 48.9 Å². The van der Waals surface area contributed by atoms with Gasteiger partial charge in [-0.25, -0.2) is 0 Å². The highest BCUT2D eigenvalue weighted by atomic mass is 16.5. The first kappa shape index (κ1) is 19.7. The maximum absolute atomic E-state index is 12.6. The fourth-order valence-corrected chi connectivity index (χ4v) is 3.55. The van der Waals surface area contributed by atoms with Gasteiger partial charge in [0.15, 0.2) is 0 Å². The number of ether oxygens (including phenoxy) is 1. The lowest BCUT2D eigenvalue weighted by Crippen LogP contribution is -2.52. The van der Waals surface area contributed by atoms with E-state index in [-0.39, 0.29) is 17.0 Å². The monoisotopic (exact) mass is 349 g/mol. The highest BCUT2D eigenvalue weighted by molar-refractivity contribution is 5.93. The van der Waals surface area contributed by atoms with Crippen LogP contribution in [0.4, 0.5) is 0 Å². The van der Waals surface area contributed by atoms with Gasteiger partial charge < -0.3 is 19.5 Å². The van der Waals surface area contributed by atoms with E-state index in [1.807, 2.05) is 0 Å². The van der Waals surface area contributed by atoms with Gasteiger partial charge in [-0.3, -0.25) is 9.59 Å². The minimum Gasteiger partial charge on any atom is -0.383 e. The van der Waals surface area contributed by atoms with E-state index in [0.29, 0.717) is 25.3 Å². The molecule has 0 atom stereocenters. The Labute approximate surface area is 150 Å². The lowest BCUT2D eigenvalue weighted by atomic mass is 9.88. The second kappa shape index (κ2) is 9.15. The van der Waals surface area contributed by atoms with E-state index in [1.165, 1.54) is 36.3 Å². The van der Waals surface area contributed by atoms with Crippen molar-refractivity contribution in [2.75, 3.05) is 34.4 Å². The lowest BCUT2D eigenvalue weighted by molar-refractivity contribution is 0.0868. The van der Waals surface area contributed by atoms with Crippen LogP contribution in [0.3, 0.4) is 0 Å². The Bertz CT molecular complexity index is 617. The number of carbonyl (C=O) groups is 1. The molecule has 1 aromatic rings. The number of pyridine rings is 1. The van der Waals surface area contributed by atoms with Crippen molar-refractivity contribution in [1.29, 1.82) is 0 Å². The molecule has 1 amide bonds. The fraction of sp³-hybridized carbons (Fsp3) is 0.684. The molecule has 0 aromatic carbocycles. The normalized spacial score (nSPS) is 17.3. The van der Waals surface area contributed by atoms with Crippen molar-refractivity contribution in [3.05, 3.63) is 34.2 Å². The van der Waals surface area contributed by atoms with E-state index in [9.17, 15) is 9.59 Å². The third-order valence-electron chi connectivity index (χ3n) is 5.34. The number of hydrogen-bond acceptors (Lipinski definition) is 4. The van der Waals surface area contributed by atoms with Gasteiger partial charge in [-0.1, -0.05) is 25.7 Å². The van der Waals surface area contributed by atoms with Gasteiger partial charge in [0.2, 0.25) is 0 Å². The zero-order valence-corrected chi connectivity index (χ0v) is 15.7. The molecule has 1 fully saturated rings. The molecule has 140 valence electrons. The lowest BCUT2D eigenvalue weighted by Gasteiger charge is -2.39. The van der Waals surface area contributed by atoms with Crippen LogP contribution in [0.5, 0.6) is 0 Å². The Balaban J connectivity index is 2.06. The summed E-state index contributed by atoms with van der Waals surface area (Å²) in [5.74, 6) is -0.128. The van der Waals surface area contributed by atoms with Gasteiger partial charge in [-0.15, -0.1) is 0 Å². The largest absolute Gasteiger partial charge is 0.383 e. The molecule has 6 nitrogen and oxygen atoms in total. The summed E-state index contributed by atoms with van der Waals surface area (Å²) in [7, 11) is 5.79. The standard InChI is InChI=1S/C19H31N3O3/c1-21(2)19(10-6-4-5-7-11-19)15-20-18(24)16-8-9-17(23)22(14-16)12-13-25-3/h8-9,14H,4-7,10-13,15H2,1-3H3,(H,20,24). The molecule has 1 aromatic heterocycles. The number of rotatable bonds is 7. The minimum absolute atomic E-state index is 0.0245. The van der Waals surface area contributed by atoms with Crippen molar-refractivity contribution in [2.45, 2.75) is 50.6 Å². The van der Waals surface area contributed by atoms with Crippen molar-refractivity contribution in [2.24, 2.45) is 0 Å². The molecule has 1 heterocycles. The summed E-state index contributed by atoms with van der Waals surface area (Å²) in [6, 6.07) is 3.04. The zero-order valence-electron chi connectivity index (χ0n) is 15.7. The minimum atomic E-state index is -0.128. The summed E-state index contributed by atoms with van der Waals surface area (Å²) in [4.78, 5) is 26.7. The Morgan fingerprint density at radius 3 is 2.52 bits per heavy atom. The third kappa shape index (κ3) is 5.16. The molecule has 1 aliphatic carbocycles. The molecular weight excluding hydrogens is 318 g/mol. The maximum atomic E-state index is 12.6. The molecule has 0 aliphatic heterocycles. The second-order valence-corrected chi connectivity index (χ2v) is 7.16. The Morgan fingerprint density at radius 2 is 1.92 bits per heavy atom. The number of methoxy groups -OCH3 is 1. The second-order valence-electron chi connectivity index (χ2n) is 7.16. The van der Waals surface area contributed by atoms with E-state index in [2.05, 4.69) is 24.3 Å². The molecule has 1 N–H and O–H groups in total. The Morgan fingerprint density at radius 1 is 1.24 bits per heavy atom. The van der Waals surface area contributed by atoms with Gasteiger partial charge in [0.1, 0.15) is 0 Å². The number of nitrogens with one attached hydrogen (secondary N) is 1. The zero-order chi connectivity index (χ0) is 18.3. The van der Waals surface area contributed by atoms with Gasteiger partial charge in [0.05, 0.1) is 12.2 Å². The van der Waals surface area contributed by atoms with E-state index < -0.39 is 0 Å². The van der Waals surface area contributed by atoms with Crippen molar-refractivity contribution < 1.29 is 9.53 Å². The SMILES string of the molecule is COCCn1cc(C(=O)NCC2(N(C)C)CCCCCC2)ccc1=O. The van der Waals surface area contributed by atoms with Gasteiger partial charge in [-0.05, 0) is 33.0 Å². The maximum Gasteiger partial charge on any atom is 0.252 e. The van der Waals surface area contributed by atoms with Crippen LogP contribution in [0, 0.1) is 0 Å². The molecule has 6 heteroatoms. The van der Waals surface area contributed by atoms with E-state index in [0.717, 1.165) is 12.8 Å². The van der Waals surface area contributed by atoms with Crippen LogP contribution in [0.15, 0.2) is 23.1 Å². The number of likely N-dealkylation sites (N-methyl/N-ethyl adjacent to an activating group) is 1. The highest BCUT2D eigenvalue weighted by Gasteiger charge is 2.33. The fourth-order valence-electron chi connectivity index (χ4n) is 3.55. The molecular formula is C19H31N3O3. The van der Waals surface area contributed by atoms with E-state index >= 15 is 0 Å². The predicted molar refractivity (Wildman–Crippen MR) is 99.0 cm³/mol. The molecule has 0 radical (unpaired) electrons. The smallest absolute Gasteiger partial charge is 0.252 e. The summed E-state index contributed by atoms with van der Waals surface area (Å²) in [6.45, 7) is 1.52. The average molecular weight is 349 g/mol. The molecule has 0 unspecified atom stereocenters. The molecule has 2 rings (SSSR count). The first-order valence-electron chi connectivity index (χ1n) is 9.13.